The Kier molecular flexibility index (Phi) is 6.72. The van der Waals surface area contributed by atoms with Gasteiger partial charge < -0.3 is 19.5 Å². The second-order valence-corrected chi connectivity index (χ2v) is 4.54. The van der Waals surface area contributed by atoms with Crippen LogP contribution in [-0.2, 0) is 4.74 Å². The number of benzene rings is 1. The second kappa shape index (κ2) is 8.08. The average Bonchev–Trinajstić information content (AvgIpc) is 2.34. The Morgan fingerprint density at radius 1 is 1.39 bits per heavy atom. The van der Waals surface area contributed by atoms with E-state index in [-0.39, 0.29) is 0 Å². The van der Waals surface area contributed by atoms with Crippen molar-refractivity contribution in [2.45, 2.75) is 13.0 Å². The molecule has 0 amide bonds. The number of aryl methyl sites for hydroxylation is 1. The lowest BCUT2D eigenvalue weighted by Gasteiger charge is -2.20. The zero-order valence-corrected chi connectivity index (χ0v) is 11.4. The molecule has 0 aromatic heterocycles. The van der Waals surface area contributed by atoms with Gasteiger partial charge in [-0.2, -0.15) is 0 Å². The fourth-order valence-electron chi connectivity index (χ4n) is 1.65. The molecule has 1 atom stereocenters. The monoisotopic (exact) mass is 253 g/mol. The van der Waals surface area contributed by atoms with Gasteiger partial charge >= 0.3 is 0 Å². The summed E-state index contributed by atoms with van der Waals surface area (Å²) in [6.07, 6.45) is -0.493. The summed E-state index contributed by atoms with van der Waals surface area (Å²) in [7, 11) is 3.63. The molecule has 4 heteroatoms. The van der Waals surface area contributed by atoms with Gasteiger partial charge in [0.2, 0.25) is 0 Å². The average molecular weight is 253 g/mol. The van der Waals surface area contributed by atoms with Gasteiger partial charge in [0, 0.05) is 20.2 Å². The lowest BCUT2D eigenvalue weighted by atomic mass is 10.2. The van der Waals surface area contributed by atoms with Gasteiger partial charge in [-0.1, -0.05) is 12.1 Å². The van der Waals surface area contributed by atoms with Gasteiger partial charge in [-0.3, -0.25) is 0 Å². The van der Waals surface area contributed by atoms with E-state index in [9.17, 15) is 5.11 Å². The van der Waals surface area contributed by atoms with Crippen molar-refractivity contribution in [3.63, 3.8) is 0 Å². The highest BCUT2D eigenvalue weighted by Gasteiger charge is 2.08. The number of hydrogen-bond acceptors (Lipinski definition) is 4. The summed E-state index contributed by atoms with van der Waals surface area (Å²) in [6.45, 7) is 4.37. The van der Waals surface area contributed by atoms with E-state index in [1.54, 1.807) is 7.11 Å². The van der Waals surface area contributed by atoms with Crippen LogP contribution in [0.2, 0.25) is 0 Å². The first-order chi connectivity index (χ1) is 8.61. The van der Waals surface area contributed by atoms with Crippen LogP contribution in [0.15, 0.2) is 24.3 Å². The van der Waals surface area contributed by atoms with Crippen LogP contribution in [0.3, 0.4) is 0 Å². The summed E-state index contributed by atoms with van der Waals surface area (Å²) in [5.41, 5.74) is 1.15. The van der Waals surface area contributed by atoms with Crippen molar-refractivity contribution in [3.05, 3.63) is 29.8 Å². The number of rotatable bonds is 8. The number of methoxy groups -OCH3 is 1. The van der Waals surface area contributed by atoms with E-state index < -0.39 is 6.10 Å². The SMILES string of the molecule is COCCN(C)CC(O)COc1cccc(C)c1. The number of aliphatic hydroxyl groups is 1. The Hall–Kier alpha value is -1.10. The number of nitrogens with zero attached hydrogens (tertiary/aromatic N) is 1. The molecule has 1 rings (SSSR count). The van der Waals surface area contributed by atoms with E-state index in [4.69, 9.17) is 9.47 Å². The van der Waals surface area contributed by atoms with Crippen molar-refractivity contribution in [3.8, 4) is 5.75 Å². The molecule has 18 heavy (non-hydrogen) atoms. The summed E-state index contributed by atoms with van der Waals surface area (Å²) in [6, 6.07) is 7.82. The fraction of sp³-hybridized carbons (Fsp3) is 0.571. The number of hydrogen-bond donors (Lipinski definition) is 1. The molecule has 1 aromatic carbocycles. The molecule has 1 aromatic rings. The molecule has 0 saturated carbocycles. The summed E-state index contributed by atoms with van der Waals surface area (Å²) in [5.74, 6) is 0.800. The fourth-order valence-corrected chi connectivity index (χ4v) is 1.65. The number of aliphatic hydroxyl groups excluding tert-OH is 1. The van der Waals surface area contributed by atoms with Crippen molar-refractivity contribution in [2.75, 3.05) is 40.5 Å². The third-order valence-corrected chi connectivity index (χ3v) is 2.63. The van der Waals surface area contributed by atoms with Crippen LogP contribution in [0.25, 0.3) is 0 Å². The molecule has 0 aliphatic rings. The van der Waals surface area contributed by atoms with Gasteiger partial charge in [0.25, 0.3) is 0 Å². The molecule has 0 heterocycles. The van der Waals surface area contributed by atoms with Gasteiger partial charge in [0.15, 0.2) is 0 Å². The summed E-state index contributed by atoms with van der Waals surface area (Å²) >= 11 is 0. The van der Waals surface area contributed by atoms with Crippen molar-refractivity contribution in [1.82, 2.24) is 4.90 Å². The van der Waals surface area contributed by atoms with Crippen LogP contribution in [0.5, 0.6) is 5.75 Å². The zero-order valence-electron chi connectivity index (χ0n) is 11.4. The van der Waals surface area contributed by atoms with E-state index in [1.165, 1.54) is 0 Å². The highest BCUT2D eigenvalue weighted by molar-refractivity contribution is 5.27. The molecular formula is C14H23NO3. The highest BCUT2D eigenvalue weighted by atomic mass is 16.5. The molecule has 0 fully saturated rings. The molecule has 0 bridgehead atoms. The van der Waals surface area contributed by atoms with Crippen LogP contribution >= 0.6 is 0 Å². The standard InChI is InChI=1S/C14H23NO3/c1-12-5-4-6-14(9-12)18-11-13(16)10-15(2)7-8-17-3/h4-6,9,13,16H,7-8,10-11H2,1-3H3. The first kappa shape index (κ1) is 15.0. The molecule has 0 radical (unpaired) electrons. The van der Waals surface area contributed by atoms with Crippen molar-refractivity contribution < 1.29 is 14.6 Å². The van der Waals surface area contributed by atoms with E-state index in [2.05, 4.69) is 0 Å². The van der Waals surface area contributed by atoms with E-state index in [0.717, 1.165) is 17.9 Å². The lowest BCUT2D eigenvalue weighted by molar-refractivity contribution is 0.0667. The Morgan fingerprint density at radius 2 is 2.17 bits per heavy atom. The van der Waals surface area contributed by atoms with E-state index in [0.29, 0.717) is 19.8 Å². The van der Waals surface area contributed by atoms with Crippen LogP contribution in [0.4, 0.5) is 0 Å². The molecule has 1 N–H and O–H groups in total. The molecule has 0 aliphatic heterocycles. The molecule has 0 aliphatic carbocycles. The van der Waals surface area contributed by atoms with Gasteiger partial charge in [-0.25, -0.2) is 0 Å². The van der Waals surface area contributed by atoms with Gasteiger partial charge in [-0.05, 0) is 31.7 Å². The van der Waals surface area contributed by atoms with Gasteiger partial charge in [0.05, 0.1) is 6.61 Å². The van der Waals surface area contributed by atoms with E-state index in [1.807, 2.05) is 43.1 Å². The van der Waals surface area contributed by atoms with Crippen LogP contribution < -0.4 is 4.74 Å². The number of ether oxygens (including phenoxy) is 2. The Bertz CT molecular complexity index is 344. The summed E-state index contributed by atoms with van der Waals surface area (Å²) in [5, 5.41) is 9.84. The molecule has 0 saturated heterocycles. The Balaban J connectivity index is 2.26. The molecule has 0 spiro atoms. The second-order valence-electron chi connectivity index (χ2n) is 4.54. The van der Waals surface area contributed by atoms with Gasteiger partial charge in [-0.15, -0.1) is 0 Å². The third-order valence-electron chi connectivity index (χ3n) is 2.63. The topological polar surface area (TPSA) is 41.9 Å². The van der Waals surface area contributed by atoms with Crippen LogP contribution in [-0.4, -0.2) is 56.6 Å². The van der Waals surface area contributed by atoms with E-state index >= 15 is 0 Å². The molecule has 102 valence electrons. The normalized spacial score (nSPS) is 12.7. The zero-order chi connectivity index (χ0) is 13.4. The maximum absolute atomic E-state index is 9.84. The predicted octanol–water partition coefficient (Wildman–Crippen LogP) is 1.31. The minimum absolute atomic E-state index is 0.306. The number of likely N-dealkylation sites (N-methyl/N-ethyl adjacent to an activating group) is 1. The third kappa shape index (κ3) is 6.00. The smallest absolute Gasteiger partial charge is 0.119 e. The molecule has 4 nitrogen and oxygen atoms in total. The van der Waals surface area contributed by atoms with Crippen LogP contribution in [0, 0.1) is 6.92 Å². The minimum atomic E-state index is -0.493. The van der Waals surface area contributed by atoms with Crippen molar-refractivity contribution in [1.29, 1.82) is 0 Å². The molecule has 1 unspecified atom stereocenters. The minimum Gasteiger partial charge on any atom is -0.491 e. The van der Waals surface area contributed by atoms with Crippen LogP contribution in [0.1, 0.15) is 5.56 Å². The quantitative estimate of drug-likeness (QED) is 0.758. The lowest BCUT2D eigenvalue weighted by Crippen LogP contribution is -2.34. The first-order valence-corrected chi connectivity index (χ1v) is 6.17. The Morgan fingerprint density at radius 3 is 2.83 bits per heavy atom. The summed E-state index contributed by atoms with van der Waals surface area (Å²) in [4.78, 5) is 2.02. The maximum Gasteiger partial charge on any atom is 0.119 e. The van der Waals surface area contributed by atoms with Crippen molar-refractivity contribution in [2.24, 2.45) is 0 Å². The predicted molar refractivity (Wildman–Crippen MR) is 72.1 cm³/mol. The highest BCUT2D eigenvalue weighted by Crippen LogP contribution is 2.12. The largest absolute Gasteiger partial charge is 0.491 e. The Labute approximate surface area is 109 Å². The maximum atomic E-state index is 9.84. The van der Waals surface area contributed by atoms with Crippen molar-refractivity contribution >= 4 is 0 Å². The summed E-state index contributed by atoms with van der Waals surface area (Å²) < 4.78 is 10.5. The van der Waals surface area contributed by atoms with Gasteiger partial charge in [0.1, 0.15) is 18.5 Å². The molecular weight excluding hydrogens is 230 g/mol. The first-order valence-electron chi connectivity index (χ1n) is 6.17.